The first-order chi connectivity index (χ1) is 9.84. The molecule has 0 unspecified atom stereocenters. The summed E-state index contributed by atoms with van der Waals surface area (Å²) in [5.41, 5.74) is 2.95. The van der Waals surface area contributed by atoms with E-state index in [4.69, 9.17) is 0 Å². The topological polar surface area (TPSA) is 44.4 Å². The van der Waals surface area contributed by atoms with Gasteiger partial charge in [-0.05, 0) is 31.0 Å². The number of likely N-dealkylation sites (tertiary alicyclic amines) is 1. The summed E-state index contributed by atoms with van der Waals surface area (Å²) in [4.78, 5) is 14.7. The predicted molar refractivity (Wildman–Crippen MR) is 82.4 cm³/mol. The molecule has 1 aromatic carbocycles. The summed E-state index contributed by atoms with van der Waals surface area (Å²) in [6.45, 7) is 3.66. The van der Waals surface area contributed by atoms with Crippen LogP contribution in [-0.4, -0.2) is 37.0 Å². The first-order valence-electron chi connectivity index (χ1n) is 7.76. The Labute approximate surface area is 120 Å². The molecule has 2 heterocycles. The molecule has 1 amide bonds. The van der Waals surface area contributed by atoms with E-state index in [-0.39, 0.29) is 5.91 Å². The van der Waals surface area contributed by atoms with Crippen molar-refractivity contribution in [3.8, 4) is 0 Å². The van der Waals surface area contributed by atoms with Gasteiger partial charge in [0.2, 0.25) is 0 Å². The fourth-order valence-electron chi connectivity index (χ4n) is 3.01. The predicted octanol–water partition coefficient (Wildman–Crippen LogP) is 2.93. The fourth-order valence-corrected chi connectivity index (χ4v) is 3.01. The molecule has 3 rings (SSSR count). The number of benzene rings is 1. The molecule has 1 aromatic rings. The second-order valence-electron chi connectivity index (χ2n) is 5.67. The van der Waals surface area contributed by atoms with Gasteiger partial charge in [-0.15, -0.1) is 0 Å². The van der Waals surface area contributed by atoms with Crippen LogP contribution in [0.1, 0.15) is 42.5 Å². The van der Waals surface area contributed by atoms with Crippen LogP contribution in [0.15, 0.2) is 18.2 Å². The van der Waals surface area contributed by atoms with Gasteiger partial charge in [-0.25, -0.2) is 0 Å². The monoisotopic (exact) mass is 273 g/mol. The van der Waals surface area contributed by atoms with Crippen molar-refractivity contribution in [1.29, 1.82) is 0 Å². The van der Waals surface area contributed by atoms with E-state index in [0.29, 0.717) is 0 Å². The van der Waals surface area contributed by atoms with E-state index >= 15 is 0 Å². The van der Waals surface area contributed by atoms with Crippen molar-refractivity contribution in [2.24, 2.45) is 0 Å². The average molecular weight is 273 g/mol. The van der Waals surface area contributed by atoms with E-state index in [1.54, 1.807) is 0 Å². The number of nitrogens with zero attached hydrogens (tertiary/aromatic N) is 1. The lowest BCUT2D eigenvalue weighted by molar-refractivity contribution is 0.0742. The van der Waals surface area contributed by atoms with E-state index in [1.807, 2.05) is 23.1 Å². The van der Waals surface area contributed by atoms with Gasteiger partial charge in [-0.2, -0.15) is 0 Å². The molecule has 20 heavy (non-hydrogen) atoms. The van der Waals surface area contributed by atoms with Gasteiger partial charge in [-0.1, -0.05) is 19.3 Å². The van der Waals surface area contributed by atoms with Crippen molar-refractivity contribution >= 4 is 17.3 Å². The first kappa shape index (κ1) is 13.3. The SMILES string of the molecule is O=C(c1ccc2c(c1)NCCN2)N1CCCCCCC1. The number of hydrogen-bond donors (Lipinski definition) is 2. The Kier molecular flexibility index (Phi) is 4.09. The van der Waals surface area contributed by atoms with Crippen LogP contribution in [0.5, 0.6) is 0 Å². The third kappa shape index (κ3) is 2.89. The number of anilines is 2. The molecule has 0 aromatic heterocycles. The number of hydrogen-bond acceptors (Lipinski definition) is 3. The van der Waals surface area contributed by atoms with Crippen LogP contribution in [0, 0.1) is 0 Å². The van der Waals surface area contributed by atoms with Crippen molar-refractivity contribution < 1.29 is 4.79 Å². The molecule has 0 saturated carbocycles. The highest BCUT2D eigenvalue weighted by Crippen LogP contribution is 2.26. The number of carbonyl (C=O) groups is 1. The van der Waals surface area contributed by atoms with Gasteiger partial charge >= 0.3 is 0 Å². The number of nitrogens with one attached hydrogen (secondary N) is 2. The number of carbonyl (C=O) groups excluding carboxylic acids is 1. The van der Waals surface area contributed by atoms with Crippen molar-refractivity contribution in [2.75, 3.05) is 36.8 Å². The van der Waals surface area contributed by atoms with E-state index in [1.165, 1.54) is 19.3 Å². The molecule has 0 atom stereocenters. The quantitative estimate of drug-likeness (QED) is 0.827. The van der Waals surface area contributed by atoms with E-state index in [0.717, 1.165) is 56.0 Å². The van der Waals surface area contributed by atoms with Crippen LogP contribution < -0.4 is 10.6 Å². The minimum Gasteiger partial charge on any atom is -0.382 e. The fraction of sp³-hybridized carbons (Fsp3) is 0.562. The Bertz CT molecular complexity index is 479. The number of amides is 1. The van der Waals surface area contributed by atoms with Gasteiger partial charge in [0.1, 0.15) is 0 Å². The summed E-state index contributed by atoms with van der Waals surface area (Å²) in [6, 6.07) is 5.95. The zero-order valence-corrected chi connectivity index (χ0v) is 12.0. The van der Waals surface area contributed by atoms with Crippen molar-refractivity contribution in [1.82, 2.24) is 4.90 Å². The summed E-state index contributed by atoms with van der Waals surface area (Å²) in [5.74, 6) is 0.182. The standard InChI is InChI=1S/C16H23N3O/c20-16(19-10-4-2-1-3-5-11-19)13-6-7-14-15(12-13)18-9-8-17-14/h6-7,12,17-18H,1-5,8-11H2. The summed E-state index contributed by atoms with van der Waals surface area (Å²) in [5, 5.41) is 6.69. The average Bonchev–Trinajstić information content (AvgIpc) is 2.46. The van der Waals surface area contributed by atoms with Crippen LogP contribution in [0.2, 0.25) is 0 Å². The molecular weight excluding hydrogens is 250 g/mol. The first-order valence-corrected chi connectivity index (χ1v) is 7.76. The third-order valence-corrected chi connectivity index (χ3v) is 4.17. The molecule has 4 nitrogen and oxygen atoms in total. The lowest BCUT2D eigenvalue weighted by atomic mass is 10.1. The number of rotatable bonds is 1. The van der Waals surface area contributed by atoms with Gasteiger partial charge in [0.05, 0.1) is 11.4 Å². The van der Waals surface area contributed by atoms with Crippen LogP contribution in [0.25, 0.3) is 0 Å². The maximum absolute atomic E-state index is 12.6. The molecule has 0 radical (unpaired) electrons. The zero-order chi connectivity index (χ0) is 13.8. The van der Waals surface area contributed by atoms with E-state index in [9.17, 15) is 4.79 Å². The molecule has 0 aliphatic carbocycles. The minimum absolute atomic E-state index is 0.182. The second kappa shape index (κ2) is 6.16. The van der Waals surface area contributed by atoms with Gasteiger partial charge in [0.25, 0.3) is 5.91 Å². The van der Waals surface area contributed by atoms with Gasteiger partial charge in [0.15, 0.2) is 0 Å². The largest absolute Gasteiger partial charge is 0.382 e. The van der Waals surface area contributed by atoms with Gasteiger partial charge in [-0.3, -0.25) is 4.79 Å². The number of fused-ring (bicyclic) bond motifs is 1. The molecule has 2 N–H and O–H groups in total. The highest BCUT2D eigenvalue weighted by molar-refractivity contribution is 5.96. The highest BCUT2D eigenvalue weighted by Gasteiger charge is 2.18. The second-order valence-corrected chi connectivity index (χ2v) is 5.67. The van der Waals surface area contributed by atoms with Crippen molar-refractivity contribution in [2.45, 2.75) is 32.1 Å². The molecular formula is C16H23N3O. The molecule has 2 aliphatic heterocycles. The Balaban J connectivity index is 1.75. The Morgan fingerprint density at radius 2 is 1.55 bits per heavy atom. The van der Waals surface area contributed by atoms with Crippen molar-refractivity contribution in [3.05, 3.63) is 23.8 Å². The molecule has 108 valence electrons. The summed E-state index contributed by atoms with van der Waals surface area (Å²) < 4.78 is 0. The van der Waals surface area contributed by atoms with Gasteiger partial charge < -0.3 is 15.5 Å². The Morgan fingerprint density at radius 1 is 0.900 bits per heavy atom. The highest BCUT2D eigenvalue weighted by atomic mass is 16.2. The molecule has 4 heteroatoms. The maximum atomic E-state index is 12.6. The van der Waals surface area contributed by atoms with Gasteiger partial charge in [0, 0.05) is 31.7 Å². The molecule has 1 saturated heterocycles. The summed E-state index contributed by atoms with van der Waals surface area (Å²) >= 11 is 0. The summed E-state index contributed by atoms with van der Waals surface area (Å²) in [6.07, 6.45) is 6.09. The molecule has 1 fully saturated rings. The van der Waals surface area contributed by atoms with Crippen LogP contribution >= 0.6 is 0 Å². The zero-order valence-electron chi connectivity index (χ0n) is 12.0. The molecule has 0 spiro atoms. The smallest absolute Gasteiger partial charge is 0.253 e. The maximum Gasteiger partial charge on any atom is 0.253 e. The Morgan fingerprint density at radius 3 is 2.30 bits per heavy atom. The van der Waals surface area contributed by atoms with E-state index < -0.39 is 0 Å². The summed E-state index contributed by atoms with van der Waals surface area (Å²) in [7, 11) is 0. The van der Waals surface area contributed by atoms with E-state index in [2.05, 4.69) is 10.6 Å². The minimum atomic E-state index is 0.182. The lowest BCUT2D eigenvalue weighted by Gasteiger charge is -2.26. The normalized spacial score (nSPS) is 19.1. The third-order valence-electron chi connectivity index (χ3n) is 4.17. The van der Waals surface area contributed by atoms with Crippen LogP contribution in [-0.2, 0) is 0 Å². The van der Waals surface area contributed by atoms with Crippen LogP contribution in [0.4, 0.5) is 11.4 Å². The van der Waals surface area contributed by atoms with Crippen molar-refractivity contribution in [3.63, 3.8) is 0 Å². The molecule has 0 bridgehead atoms. The lowest BCUT2D eigenvalue weighted by Crippen LogP contribution is -2.34. The van der Waals surface area contributed by atoms with Crippen LogP contribution in [0.3, 0.4) is 0 Å². The Hall–Kier alpha value is -1.71. The molecule has 2 aliphatic rings.